The van der Waals surface area contributed by atoms with Crippen molar-refractivity contribution in [1.82, 2.24) is 23.8 Å². The number of aryl methyl sites for hydroxylation is 1. The predicted octanol–water partition coefficient (Wildman–Crippen LogP) is 2.23. The van der Waals surface area contributed by atoms with E-state index in [2.05, 4.69) is 14.2 Å². The standard InChI is InChI=1S/C22H22FN7O3S2/c1-28-11-14(9-25-28)12-29-20(31)16-8-15(35(32,33)27-22(13-23)5-6-22)2-3-17(16)30-18(10-24-21(29)30)19-4-7-26-34-19/h2-4,7-9,11,18,27H,5-6,10,12-13H2,1H3/t18-/m0/s1. The van der Waals surface area contributed by atoms with Crippen LogP contribution in [0.5, 0.6) is 0 Å². The molecule has 0 radical (unpaired) electrons. The number of aliphatic imine (C=N–C) groups is 1. The Bertz CT molecular complexity index is 1450. The third-order valence-corrected chi connectivity index (χ3v) is 8.96. The van der Waals surface area contributed by atoms with Crippen molar-refractivity contribution in [3.05, 3.63) is 58.9 Å². The number of nitrogens with one attached hydrogen (secondary N) is 1. The molecule has 3 aromatic rings. The van der Waals surface area contributed by atoms with Crippen molar-refractivity contribution in [2.24, 2.45) is 12.0 Å². The number of rotatable bonds is 7. The Balaban J connectivity index is 1.43. The summed E-state index contributed by atoms with van der Waals surface area (Å²) in [6, 6.07) is 6.22. The van der Waals surface area contributed by atoms with Crippen LogP contribution in [-0.4, -0.2) is 58.1 Å². The highest BCUT2D eigenvalue weighted by Crippen LogP contribution is 2.42. The zero-order valence-electron chi connectivity index (χ0n) is 18.8. The van der Waals surface area contributed by atoms with Gasteiger partial charge in [0, 0.05) is 25.0 Å². The summed E-state index contributed by atoms with van der Waals surface area (Å²) in [5.41, 5.74) is 0.615. The van der Waals surface area contributed by atoms with Gasteiger partial charge in [-0.3, -0.25) is 14.4 Å². The predicted molar refractivity (Wildman–Crippen MR) is 127 cm³/mol. The first-order valence-corrected chi connectivity index (χ1v) is 13.3. The highest BCUT2D eigenvalue weighted by Gasteiger charge is 2.47. The number of amides is 1. The third kappa shape index (κ3) is 3.74. The van der Waals surface area contributed by atoms with Crippen LogP contribution in [0.2, 0.25) is 0 Å². The Hall–Kier alpha value is -3.16. The fourth-order valence-electron chi connectivity index (χ4n) is 4.51. The molecule has 1 atom stereocenters. The van der Waals surface area contributed by atoms with Crippen LogP contribution in [-0.2, 0) is 23.6 Å². The first kappa shape index (κ1) is 22.3. The molecule has 10 nitrogen and oxygen atoms in total. The van der Waals surface area contributed by atoms with Gasteiger partial charge in [-0.1, -0.05) is 0 Å². The average Bonchev–Trinajstić information content (AvgIpc) is 3.23. The minimum absolute atomic E-state index is 0.0698. The second-order valence-corrected chi connectivity index (χ2v) is 11.6. The minimum atomic E-state index is -4.01. The van der Waals surface area contributed by atoms with Crippen LogP contribution in [0.15, 0.2) is 52.7 Å². The summed E-state index contributed by atoms with van der Waals surface area (Å²) < 4.78 is 47.8. The van der Waals surface area contributed by atoms with Gasteiger partial charge in [-0.05, 0) is 48.6 Å². The fourth-order valence-corrected chi connectivity index (χ4v) is 6.64. The van der Waals surface area contributed by atoms with E-state index in [-0.39, 0.29) is 29.0 Å². The lowest BCUT2D eigenvalue weighted by atomic mass is 10.1. The van der Waals surface area contributed by atoms with E-state index in [4.69, 9.17) is 4.99 Å². The Morgan fingerprint density at radius 1 is 1.29 bits per heavy atom. The van der Waals surface area contributed by atoms with Crippen molar-refractivity contribution in [2.45, 2.75) is 35.9 Å². The van der Waals surface area contributed by atoms with Crippen molar-refractivity contribution >= 4 is 39.1 Å². The largest absolute Gasteiger partial charge is 0.301 e. The molecule has 1 N–H and O–H groups in total. The molecular weight excluding hydrogens is 493 g/mol. The molecule has 1 saturated carbocycles. The van der Waals surface area contributed by atoms with Gasteiger partial charge in [0.15, 0.2) is 0 Å². The summed E-state index contributed by atoms with van der Waals surface area (Å²) in [5.74, 6) is 0.153. The lowest BCUT2D eigenvalue weighted by molar-refractivity contribution is 0.0832. The number of carbonyl (C=O) groups excluding carboxylic acids is 1. The van der Waals surface area contributed by atoms with E-state index < -0.39 is 22.2 Å². The number of aromatic nitrogens is 3. The summed E-state index contributed by atoms with van der Waals surface area (Å²) in [6.45, 7) is -0.0927. The molecule has 6 rings (SSSR count). The third-order valence-electron chi connectivity index (χ3n) is 6.53. The number of nitrogens with zero attached hydrogens (tertiary/aromatic N) is 6. The SMILES string of the molecule is Cn1cc(CN2C(=O)c3cc(S(=O)(=O)NC4(CF)CC4)ccc3N3C2=NC[C@H]3c2ccns2)cn1. The zero-order valence-corrected chi connectivity index (χ0v) is 20.4. The lowest BCUT2D eigenvalue weighted by Gasteiger charge is -2.38. The molecular formula is C22H22FN7O3S2. The normalized spacial score (nSPS) is 20.6. The number of halogens is 1. The number of guanidine groups is 1. The zero-order chi connectivity index (χ0) is 24.4. The second kappa shape index (κ2) is 7.93. The smallest absolute Gasteiger partial charge is 0.263 e. The van der Waals surface area contributed by atoms with Crippen LogP contribution < -0.4 is 9.62 Å². The van der Waals surface area contributed by atoms with Gasteiger partial charge in [-0.15, -0.1) is 0 Å². The highest BCUT2D eigenvalue weighted by atomic mass is 32.2. The molecule has 0 saturated heterocycles. The minimum Gasteiger partial charge on any atom is -0.301 e. The van der Waals surface area contributed by atoms with E-state index in [0.29, 0.717) is 31.0 Å². The van der Waals surface area contributed by atoms with Crippen molar-refractivity contribution in [2.75, 3.05) is 18.1 Å². The quantitative estimate of drug-likeness (QED) is 0.516. The van der Waals surface area contributed by atoms with E-state index in [0.717, 1.165) is 10.4 Å². The summed E-state index contributed by atoms with van der Waals surface area (Å²) >= 11 is 1.36. The number of alkyl halides is 1. The van der Waals surface area contributed by atoms with Crippen LogP contribution in [0.4, 0.5) is 10.1 Å². The molecule has 182 valence electrons. The first-order valence-electron chi connectivity index (χ1n) is 11.1. The molecule has 0 spiro atoms. The number of fused-ring (bicyclic) bond motifs is 3. The number of hydrogen-bond donors (Lipinski definition) is 1. The van der Waals surface area contributed by atoms with E-state index in [1.165, 1.54) is 23.7 Å². The fraction of sp³-hybridized carbons (Fsp3) is 0.364. The van der Waals surface area contributed by atoms with Crippen molar-refractivity contribution < 1.29 is 17.6 Å². The van der Waals surface area contributed by atoms with Gasteiger partial charge in [0.25, 0.3) is 5.91 Å². The van der Waals surface area contributed by atoms with Crippen molar-refractivity contribution in [3.63, 3.8) is 0 Å². The molecule has 1 fully saturated rings. The van der Waals surface area contributed by atoms with Gasteiger partial charge in [-0.2, -0.15) is 5.10 Å². The number of hydrogen-bond acceptors (Lipinski definition) is 8. The highest BCUT2D eigenvalue weighted by molar-refractivity contribution is 7.89. The number of carbonyl (C=O) groups is 1. The number of anilines is 1. The van der Waals surface area contributed by atoms with Gasteiger partial charge in [0.05, 0.1) is 51.9 Å². The van der Waals surface area contributed by atoms with Crippen LogP contribution in [0.1, 0.15) is 39.7 Å². The maximum atomic E-state index is 13.7. The number of sulfonamides is 1. The molecule has 1 aliphatic carbocycles. The van der Waals surface area contributed by atoms with E-state index in [1.54, 1.807) is 35.1 Å². The molecule has 3 aliphatic rings. The molecule has 1 aromatic carbocycles. The summed E-state index contributed by atoms with van der Waals surface area (Å²) in [4.78, 5) is 22.8. The Kier molecular flexibility index (Phi) is 5.06. The van der Waals surface area contributed by atoms with Gasteiger partial charge in [0.2, 0.25) is 16.0 Å². The molecule has 0 unspecified atom stereocenters. The van der Waals surface area contributed by atoms with Crippen molar-refractivity contribution in [1.29, 1.82) is 0 Å². The molecule has 0 bridgehead atoms. The van der Waals surface area contributed by atoms with Gasteiger partial charge in [0.1, 0.15) is 6.67 Å². The van der Waals surface area contributed by atoms with Crippen molar-refractivity contribution in [3.8, 4) is 0 Å². The van der Waals surface area contributed by atoms with Gasteiger partial charge < -0.3 is 4.90 Å². The molecule has 2 aliphatic heterocycles. The summed E-state index contributed by atoms with van der Waals surface area (Å²) in [7, 11) is -2.21. The maximum Gasteiger partial charge on any atom is 0.263 e. The molecule has 2 aromatic heterocycles. The maximum absolute atomic E-state index is 13.7. The summed E-state index contributed by atoms with van der Waals surface area (Å²) in [5, 5.41) is 4.19. The Morgan fingerprint density at radius 3 is 2.77 bits per heavy atom. The lowest BCUT2D eigenvalue weighted by Crippen LogP contribution is -2.50. The van der Waals surface area contributed by atoms with Gasteiger partial charge >= 0.3 is 0 Å². The summed E-state index contributed by atoms with van der Waals surface area (Å²) in [6.07, 6.45) is 6.13. The monoisotopic (exact) mass is 515 g/mol. The Morgan fingerprint density at radius 2 is 2.11 bits per heavy atom. The van der Waals surface area contributed by atoms with E-state index in [1.807, 2.05) is 17.2 Å². The van der Waals surface area contributed by atoms with Crippen LogP contribution in [0.25, 0.3) is 0 Å². The van der Waals surface area contributed by atoms with E-state index >= 15 is 0 Å². The molecule has 13 heteroatoms. The number of benzene rings is 1. The average molecular weight is 516 g/mol. The molecule has 1 amide bonds. The van der Waals surface area contributed by atoms with E-state index in [9.17, 15) is 17.6 Å². The topological polar surface area (TPSA) is 113 Å². The van der Waals surface area contributed by atoms with Gasteiger partial charge in [-0.25, -0.2) is 26.9 Å². The van der Waals surface area contributed by atoms with Crippen LogP contribution in [0.3, 0.4) is 0 Å². The molecule has 35 heavy (non-hydrogen) atoms. The van der Waals surface area contributed by atoms with Crippen LogP contribution >= 0.6 is 11.5 Å². The molecule has 4 heterocycles. The first-order chi connectivity index (χ1) is 16.8. The second-order valence-electron chi connectivity index (χ2n) is 9.05. The van der Waals surface area contributed by atoms with Crippen LogP contribution in [0, 0.1) is 0 Å². The Labute approximate surface area is 205 Å².